The van der Waals surface area contributed by atoms with Crippen LogP contribution in [-0.4, -0.2) is 13.1 Å². The van der Waals surface area contributed by atoms with Crippen LogP contribution < -0.4 is 10.6 Å². The Kier molecular flexibility index (Phi) is 6.72. The number of rotatable bonds is 7. The Hall–Kier alpha value is -0.540. The van der Waals surface area contributed by atoms with Gasteiger partial charge in [-0.05, 0) is 36.6 Å². The third-order valence-electron chi connectivity index (χ3n) is 3.62. The molecule has 1 rings (SSSR count). The fourth-order valence-electron chi connectivity index (χ4n) is 2.28. The molecule has 0 aromatic heterocycles. The van der Waals surface area contributed by atoms with Gasteiger partial charge in [-0.3, -0.25) is 0 Å². The lowest BCUT2D eigenvalue weighted by Crippen LogP contribution is -2.30. The van der Waals surface area contributed by atoms with E-state index < -0.39 is 0 Å². The predicted molar refractivity (Wildman–Crippen MR) is 84.0 cm³/mol. The van der Waals surface area contributed by atoms with Gasteiger partial charge in [0.05, 0.1) is 0 Å². The summed E-state index contributed by atoms with van der Waals surface area (Å²) in [5, 5.41) is 0. The van der Waals surface area contributed by atoms with Gasteiger partial charge in [-0.2, -0.15) is 0 Å². The number of nitrogens with zero attached hydrogens (tertiary/aromatic N) is 1. The van der Waals surface area contributed by atoms with E-state index in [-0.39, 0.29) is 0 Å². The quantitative estimate of drug-likeness (QED) is 0.818. The summed E-state index contributed by atoms with van der Waals surface area (Å²) in [6.45, 7) is 9.50. The summed E-state index contributed by atoms with van der Waals surface area (Å²) < 4.78 is 1.10. The molecule has 0 spiro atoms. The van der Waals surface area contributed by atoms with Crippen LogP contribution in [0.2, 0.25) is 0 Å². The third kappa shape index (κ3) is 3.99. The highest BCUT2D eigenvalue weighted by atomic mass is 79.9. The highest BCUT2D eigenvalue weighted by Crippen LogP contribution is 2.26. The van der Waals surface area contributed by atoms with Gasteiger partial charge < -0.3 is 10.6 Å². The van der Waals surface area contributed by atoms with Crippen LogP contribution in [0.1, 0.15) is 39.2 Å². The molecule has 0 atom stereocenters. The molecule has 0 aliphatic carbocycles. The van der Waals surface area contributed by atoms with E-state index in [1.54, 1.807) is 0 Å². The van der Waals surface area contributed by atoms with E-state index in [9.17, 15) is 0 Å². The third-order valence-corrected chi connectivity index (χ3v) is 4.11. The number of halogens is 1. The number of hydrogen-bond donors (Lipinski definition) is 1. The summed E-state index contributed by atoms with van der Waals surface area (Å²) >= 11 is 3.51. The van der Waals surface area contributed by atoms with Gasteiger partial charge in [0.1, 0.15) is 0 Å². The van der Waals surface area contributed by atoms with Crippen molar-refractivity contribution in [3.8, 4) is 0 Å². The lowest BCUT2D eigenvalue weighted by Gasteiger charge is -2.29. The van der Waals surface area contributed by atoms with Gasteiger partial charge in [0, 0.05) is 29.8 Å². The van der Waals surface area contributed by atoms with Gasteiger partial charge in [-0.15, -0.1) is 0 Å². The van der Waals surface area contributed by atoms with Crippen molar-refractivity contribution in [2.75, 3.05) is 18.0 Å². The van der Waals surface area contributed by atoms with Crippen molar-refractivity contribution in [2.24, 2.45) is 11.7 Å². The van der Waals surface area contributed by atoms with Crippen LogP contribution >= 0.6 is 15.9 Å². The van der Waals surface area contributed by atoms with Crippen LogP contribution in [0.3, 0.4) is 0 Å². The molecule has 2 N–H and O–H groups in total. The molecule has 102 valence electrons. The molecule has 0 saturated heterocycles. The Balaban J connectivity index is 2.93. The molecule has 0 heterocycles. The molecule has 0 aliphatic rings. The number of anilines is 1. The largest absolute Gasteiger partial charge is 0.371 e. The van der Waals surface area contributed by atoms with Crippen molar-refractivity contribution in [3.05, 3.63) is 28.2 Å². The SMILES string of the molecule is CCC(CC)CN(CC)c1ccc(Br)cc1CN. The molecule has 0 saturated carbocycles. The molecule has 0 amide bonds. The number of nitrogens with two attached hydrogens (primary N) is 1. The highest BCUT2D eigenvalue weighted by Gasteiger charge is 2.13. The minimum absolute atomic E-state index is 0.591. The molecule has 0 radical (unpaired) electrons. The van der Waals surface area contributed by atoms with Crippen molar-refractivity contribution in [1.29, 1.82) is 0 Å². The first-order chi connectivity index (χ1) is 8.65. The van der Waals surface area contributed by atoms with Crippen LogP contribution in [-0.2, 0) is 6.54 Å². The number of hydrogen-bond acceptors (Lipinski definition) is 2. The van der Waals surface area contributed by atoms with E-state index >= 15 is 0 Å². The monoisotopic (exact) mass is 312 g/mol. The van der Waals surface area contributed by atoms with E-state index in [2.05, 4.69) is 59.8 Å². The van der Waals surface area contributed by atoms with Crippen molar-refractivity contribution < 1.29 is 0 Å². The summed E-state index contributed by atoms with van der Waals surface area (Å²) in [6, 6.07) is 6.41. The zero-order valence-corrected chi connectivity index (χ0v) is 13.3. The molecule has 0 aliphatic heterocycles. The Morgan fingerprint density at radius 1 is 1.22 bits per heavy atom. The smallest absolute Gasteiger partial charge is 0.0412 e. The first-order valence-corrected chi connectivity index (χ1v) is 7.68. The summed E-state index contributed by atoms with van der Waals surface area (Å²) in [6.07, 6.45) is 2.48. The normalized spacial score (nSPS) is 11.0. The lowest BCUT2D eigenvalue weighted by atomic mass is 10.0. The average Bonchev–Trinajstić information content (AvgIpc) is 2.41. The summed E-state index contributed by atoms with van der Waals surface area (Å²) in [5.74, 6) is 0.763. The Morgan fingerprint density at radius 2 is 1.89 bits per heavy atom. The second kappa shape index (κ2) is 7.80. The highest BCUT2D eigenvalue weighted by molar-refractivity contribution is 9.10. The van der Waals surface area contributed by atoms with Crippen LogP contribution in [0.4, 0.5) is 5.69 Å². The molecule has 3 heteroatoms. The topological polar surface area (TPSA) is 29.3 Å². The van der Waals surface area contributed by atoms with Gasteiger partial charge in [0.15, 0.2) is 0 Å². The molecule has 0 bridgehead atoms. The second-order valence-electron chi connectivity index (χ2n) is 4.70. The van der Waals surface area contributed by atoms with E-state index in [0.717, 1.165) is 23.5 Å². The van der Waals surface area contributed by atoms with Crippen molar-refractivity contribution in [3.63, 3.8) is 0 Å². The lowest BCUT2D eigenvalue weighted by molar-refractivity contribution is 0.485. The molecular formula is C15H25BrN2. The van der Waals surface area contributed by atoms with Crippen LogP contribution in [0.15, 0.2) is 22.7 Å². The van der Waals surface area contributed by atoms with Gasteiger partial charge in [-0.25, -0.2) is 0 Å². The molecule has 0 unspecified atom stereocenters. The van der Waals surface area contributed by atoms with E-state index in [1.807, 2.05) is 0 Å². The second-order valence-corrected chi connectivity index (χ2v) is 5.61. The fourth-order valence-corrected chi connectivity index (χ4v) is 2.69. The minimum Gasteiger partial charge on any atom is -0.371 e. The molecule has 0 fully saturated rings. The van der Waals surface area contributed by atoms with Crippen LogP contribution in [0, 0.1) is 5.92 Å². The minimum atomic E-state index is 0.591. The van der Waals surface area contributed by atoms with Gasteiger partial charge in [0.25, 0.3) is 0 Å². The van der Waals surface area contributed by atoms with Gasteiger partial charge in [0.2, 0.25) is 0 Å². The van der Waals surface area contributed by atoms with E-state index in [1.165, 1.54) is 24.1 Å². The first kappa shape index (κ1) is 15.5. The van der Waals surface area contributed by atoms with Crippen molar-refractivity contribution in [1.82, 2.24) is 0 Å². The van der Waals surface area contributed by atoms with Gasteiger partial charge >= 0.3 is 0 Å². The van der Waals surface area contributed by atoms with Crippen LogP contribution in [0.5, 0.6) is 0 Å². The molecule has 18 heavy (non-hydrogen) atoms. The van der Waals surface area contributed by atoms with E-state index in [0.29, 0.717) is 6.54 Å². The Labute approximate surface area is 120 Å². The maximum Gasteiger partial charge on any atom is 0.0412 e. The zero-order chi connectivity index (χ0) is 13.5. The van der Waals surface area contributed by atoms with E-state index in [4.69, 9.17) is 5.73 Å². The van der Waals surface area contributed by atoms with Gasteiger partial charge in [-0.1, -0.05) is 42.6 Å². The Bertz CT molecular complexity index is 362. The standard InChI is InChI=1S/C15H25BrN2/c1-4-12(5-2)11-18(6-3)15-8-7-14(16)9-13(15)10-17/h7-9,12H,4-6,10-11,17H2,1-3H3. The molecule has 1 aromatic rings. The predicted octanol–water partition coefficient (Wildman–Crippen LogP) is 4.17. The Morgan fingerprint density at radius 3 is 2.39 bits per heavy atom. The number of benzene rings is 1. The molecule has 2 nitrogen and oxygen atoms in total. The van der Waals surface area contributed by atoms with Crippen molar-refractivity contribution >= 4 is 21.6 Å². The summed E-state index contributed by atoms with van der Waals surface area (Å²) in [4.78, 5) is 2.45. The first-order valence-electron chi connectivity index (χ1n) is 6.89. The maximum atomic E-state index is 5.86. The average molecular weight is 313 g/mol. The fraction of sp³-hybridized carbons (Fsp3) is 0.600. The summed E-state index contributed by atoms with van der Waals surface area (Å²) in [5.41, 5.74) is 8.37. The zero-order valence-electron chi connectivity index (χ0n) is 11.7. The van der Waals surface area contributed by atoms with Crippen molar-refractivity contribution in [2.45, 2.75) is 40.2 Å². The van der Waals surface area contributed by atoms with Crippen LogP contribution in [0.25, 0.3) is 0 Å². The summed E-state index contributed by atoms with van der Waals surface area (Å²) in [7, 11) is 0. The molecule has 1 aromatic carbocycles. The molecular weight excluding hydrogens is 288 g/mol. The maximum absolute atomic E-state index is 5.86.